The fourth-order valence-corrected chi connectivity index (χ4v) is 8.98. The van der Waals surface area contributed by atoms with Gasteiger partial charge in [-0.2, -0.15) is 28.8 Å². The van der Waals surface area contributed by atoms with E-state index in [0.29, 0.717) is 33.4 Å². The quantitative estimate of drug-likeness (QED) is 0.0249. The van der Waals surface area contributed by atoms with Crippen LogP contribution >= 0.6 is 0 Å². The summed E-state index contributed by atoms with van der Waals surface area (Å²) >= 11 is 0. The van der Waals surface area contributed by atoms with Gasteiger partial charge in [0.1, 0.15) is 0 Å². The summed E-state index contributed by atoms with van der Waals surface area (Å²) in [6, 6.07) is 36.2. The van der Waals surface area contributed by atoms with Gasteiger partial charge in [-0.25, -0.2) is 87.4 Å². The zero-order valence-electron chi connectivity index (χ0n) is 52.1. The molecule has 0 aliphatic carbocycles. The predicted octanol–water partition coefficient (Wildman–Crippen LogP) is 11.6. The average Bonchev–Trinajstić information content (AvgIpc) is 1.03. The maximum atomic E-state index is 13.6. The van der Waals surface area contributed by atoms with Crippen molar-refractivity contribution in [1.82, 2.24) is 0 Å². The third kappa shape index (κ3) is 23.2. The minimum absolute atomic E-state index is 0.00540. The Balaban J connectivity index is 1.38. The highest BCUT2D eigenvalue weighted by molar-refractivity contribution is 5.93. The third-order valence-corrected chi connectivity index (χ3v) is 14.1. The summed E-state index contributed by atoms with van der Waals surface area (Å²) in [7, 11) is 0. The largest absolute Gasteiger partial charge is 0.549 e. The Kier molecular flexibility index (Phi) is 28.3. The van der Waals surface area contributed by atoms with Gasteiger partial charge in [0.25, 0.3) is 0 Å². The van der Waals surface area contributed by atoms with Crippen molar-refractivity contribution in [3.8, 4) is 0 Å². The Morgan fingerprint density at radius 1 is 0.240 bits per heavy atom. The van der Waals surface area contributed by atoms with Crippen molar-refractivity contribution < 1.29 is 145 Å². The van der Waals surface area contributed by atoms with E-state index >= 15 is 0 Å². The lowest BCUT2D eigenvalue weighted by atomic mass is 9.74. The van der Waals surface area contributed by atoms with Crippen molar-refractivity contribution in [3.05, 3.63) is 212 Å². The van der Waals surface area contributed by atoms with Crippen LogP contribution in [0.3, 0.4) is 0 Å². The van der Waals surface area contributed by atoms with E-state index in [1.807, 2.05) is 0 Å². The number of hydrogen-bond acceptors (Lipinski definition) is 30. The smallest absolute Gasteiger partial charge is 0.432 e. The summed E-state index contributed by atoms with van der Waals surface area (Å²) in [6.07, 6.45) is -11.4. The summed E-state index contributed by atoms with van der Waals surface area (Å²) in [5.41, 5.74) is 2.36. The van der Waals surface area contributed by atoms with E-state index in [4.69, 9.17) is 77.3 Å². The first-order chi connectivity index (χ1) is 46.1. The van der Waals surface area contributed by atoms with Crippen molar-refractivity contribution in [2.75, 3.05) is 39.6 Å². The van der Waals surface area contributed by atoms with Crippen LogP contribution in [0.15, 0.2) is 146 Å². The van der Waals surface area contributed by atoms with Crippen LogP contribution in [0.1, 0.15) is 108 Å². The lowest BCUT2D eigenvalue weighted by molar-refractivity contribution is -0.212. The van der Waals surface area contributed by atoms with E-state index in [9.17, 15) is 57.5 Å². The second kappa shape index (κ2) is 37.3. The number of ether oxygens (including phenoxy) is 6. The summed E-state index contributed by atoms with van der Waals surface area (Å²) in [5, 5.41) is 0. The van der Waals surface area contributed by atoms with Gasteiger partial charge in [0, 0.05) is 23.7 Å². The Hall–Kier alpha value is -12.2. The fourth-order valence-electron chi connectivity index (χ4n) is 8.98. The summed E-state index contributed by atoms with van der Waals surface area (Å²) in [4.78, 5) is 214. The van der Waals surface area contributed by atoms with Gasteiger partial charge in [0.05, 0.1) is 73.0 Å². The number of benzene rings is 6. The second-order valence-corrected chi connectivity index (χ2v) is 20.5. The van der Waals surface area contributed by atoms with E-state index in [2.05, 4.69) is 9.78 Å². The molecule has 0 bridgehead atoms. The zero-order chi connectivity index (χ0) is 69.5. The van der Waals surface area contributed by atoms with Crippen LogP contribution in [-0.2, 0) is 87.1 Å². The molecule has 0 heterocycles. The van der Waals surface area contributed by atoms with E-state index in [1.165, 1.54) is 72.8 Å². The molecule has 506 valence electrons. The lowest BCUT2D eigenvalue weighted by Gasteiger charge is -2.36. The molecule has 0 aromatic heterocycles. The minimum atomic E-state index is -1.75. The molecule has 0 aliphatic heterocycles. The van der Waals surface area contributed by atoms with Gasteiger partial charge in [-0.3, -0.25) is 0 Å². The molecule has 0 saturated carbocycles. The monoisotopic (exact) mass is 1330 g/mol. The van der Waals surface area contributed by atoms with Crippen molar-refractivity contribution in [1.29, 1.82) is 0 Å². The molecule has 6 rings (SSSR count). The molecule has 30 nitrogen and oxygen atoms in total. The van der Waals surface area contributed by atoms with Crippen molar-refractivity contribution in [2.24, 2.45) is 23.7 Å². The van der Waals surface area contributed by atoms with Crippen LogP contribution in [0.25, 0.3) is 0 Å². The molecule has 0 fully saturated rings. The molecule has 6 aromatic carbocycles. The second-order valence-electron chi connectivity index (χ2n) is 20.5. The minimum Gasteiger partial charge on any atom is -0.432 e. The lowest BCUT2D eigenvalue weighted by Crippen LogP contribution is -2.41. The first-order valence-electron chi connectivity index (χ1n) is 28.8. The summed E-state index contributed by atoms with van der Waals surface area (Å²) < 4.78 is 32.3. The fraction of sp³-hybridized carbons (Fsp3) is 0.273. The van der Waals surface area contributed by atoms with Gasteiger partial charge >= 0.3 is 72.7 Å². The normalized spacial score (nSPS) is 11.7. The van der Waals surface area contributed by atoms with Crippen LogP contribution in [-0.4, -0.2) is 112 Å². The maximum absolute atomic E-state index is 13.6. The maximum Gasteiger partial charge on any atom is 0.549 e. The number of carbonyl (C=O) groups excluding carboxylic acids is 12. The Labute approximate surface area is 545 Å². The zero-order valence-corrected chi connectivity index (χ0v) is 52.1. The molecule has 0 aliphatic rings. The predicted molar refractivity (Wildman–Crippen MR) is 317 cm³/mol. The number of carbonyl (C=O) groups is 12. The average molecular weight is 1340 g/mol. The van der Waals surface area contributed by atoms with Crippen LogP contribution in [0, 0.1) is 65.2 Å². The summed E-state index contributed by atoms with van der Waals surface area (Å²) in [6.45, 7) is 3.61. The molecule has 0 spiro atoms. The Bertz CT molecular complexity index is 3510. The number of rotatable bonds is 23. The highest BCUT2D eigenvalue weighted by Gasteiger charge is 2.40. The topological polar surface area (TPSA) is 371 Å². The highest BCUT2D eigenvalue weighted by Crippen LogP contribution is 2.35. The van der Waals surface area contributed by atoms with Gasteiger partial charge in [-0.1, -0.05) is 109 Å². The molecule has 0 amide bonds. The van der Waals surface area contributed by atoms with E-state index < -0.39 is 149 Å². The van der Waals surface area contributed by atoms with Crippen LogP contribution in [0.5, 0.6) is 0 Å². The van der Waals surface area contributed by atoms with Gasteiger partial charge in [-0.05, 0) is 124 Å². The van der Waals surface area contributed by atoms with Gasteiger partial charge in [-0.15, -0.1) is 0 Å². The Morgan fingerprint density at radius 3 is 0.615 bits per heavy atom. The molecule has 0 saturated heterocycles. The molecular formula is C66H62O30. The molecule has 4 atom stereocenters. The molecule has 0 radical (unpaired) electrons. The van der Waals surface area contributed by atoms with Crippen LogP contribution in [0.4, 0.5) is 28.8 Å². The van der Waals surface area contributed by atoms with Gasteiger partial charge in [0.15, 0.2) is 0 Å². The molecule has 6 aromatic rings. The van der Waals surface area contributed by atoms with E-state index in [-0.39, 0.29) is 33.4 Å². The van der Waals surface area contributed by atoms with E-state index in [1.54, 1.807) is 114 Å². The number of hydrogen-bond donors (Lipinski definition) is 0. The van der Waals surface area contributed by atoms with Crippen molar-refractivity contribution >= 4 is 72.7 Å². The molecular weight excluding hydrogens is 1270 g/mol. The Morgan fingerprint density at radius 2 is 0.417 bits per heavy atom. The van der Waals surface area contributed by atoms with Crippen molar-refractivity contribution in [3.63, 3.8) is 0 Å². The molecule has 0 N–H and O–H groups in total. The standard InChI is InChI=1S/C66H62O30/c1-39-19-7-13-25-47(39)55(67)85-91-61(73)79-33-31-45(35-81-63(75)93-87-57(69)49-27-15-9-21-41(49)3)53(37-83-65(77)95-89-59(71)51-29-17-11-23-43(51)5)54(38-84-66(78)96-90-60(72)52-30-18-12-24-44(52)6)46(36-82-64(76)94-88-58(70)50-28-16-10-22-42(50)4)32-34-80-62(74)92-86-56(68)48-26-14-8-20-40(48)2/h7-30,45-46,53-54H,31-38H2,1-6H3. The van der Waals surface area contributed by atoms with Crippen LogP contribution in [0.2, 0.25) is 0 Å². The first kappa shape index (κ1) is 72.8. The van der Waals surface area contributed by atoms with Crippen LogP contribution < -0.4 is 0 Å². The number of aryl methyl sites for hydroxylation is 6. The SMILES string of the molecule is Cc1ccccc1C(=O)OOC(=O)OCCC(COC(=O)OOC(=O)c1ccccc1C)C(COC(=O)OOC(=O)c1ccccc1C)C(COC(=O)OOC(=O)c1ccccc1C)C(CCOC(=O)OOC(=O)c1ccccc1C)COC(=O)OOC(=O)c1ccccc1C. The first-order valence-corrected chi connectivity index (χ1v) is 28.8. The molecule has 96 heavy (non-hydrogen) atoms. The third-order valence-electron chi connectivity index (χ3n) is 14.1. The summed E-state index contributed by atoms with van der Waals surface area (Å²) in [5.74, 6) is -13.3. The molecule has 4 unspecified atom stereocenters. The van der Waals surface area contributed by atoms with Gasteiger partial charge < -0.3 is 28.4 Å². The highest BCUT2D eigenvalue weighted by atomic mass is 17.3. The van der Waals surface area contributed by atoms with Gasteiger partial charge in [0.2, 0.25) is 0 Å². The molecule has 30 heteroatoms. The van der Waals surface area contributed by atoms with E-state index in [0.717, 1.165) is 0 Å². The van der Waals surface area contributed by atoms with Crippen molar-refractivity contribution in [2.45, 2.75) is 54.4 Å².